The molecule has 0 aliphatic carbocycles. The first-order valence-electron chi connectivity index (χ1n) is 2.91. The van der Waals surface area contributed by atoms with Crippen molar-refractivity contribution in [3.63, 3.8) is 0 Å². The highest BCUT2D eigenvalue weighted by atomic mass is 32.1. The first-order chi connectivity index (χ1) is 4.68. The van der Waals surface area contributed by atoms with Gasteiger partial charge in [-0.3, -0.25) is 0 Å². The molecule has 0 unspecified atom stereocenters. The first-order valence-corrected chi connectivity index (χ1v) is 3.38. The maximum Gasteiger partial charge on any atom is 0.101 e. The minimum atomic E-state index is 0.931. The largest absolute Gasteiger partial charge is 0.366 e. The van der Waals surface area contributed by atoms with Crippen LogP contribution in [0.2, 0.25) is 0 Å². The summed E-state index contributed by atoms with van der Waals surface area (Å²) in [5.41, 5.74) is 5.87. The summed E-state index contributed by atoms with van der Waals surface area (Å²) in [7, 11) is 5.36. The van der Waals surface area contributed by atoms with Crippen molar-refractivity contribution in [3.8, 4) is 0 Å². The molecule has 0 fully saturated rings. The molecule has 0 bridgehead atoms. The average Bonchev–Trinajstić information content (AvgIpc) is 1.93. The number of thiocarbonyl (C=S) groups is 1. The third-order valence-electron chi connectivity index (χ3n) is 0.887. The standard InChI is InChI=1S/C5H10N2S.CH5N/c1-5(6-4-8)7(2)3;1-2/h4H,1-3H3;2H2,1H3. The number of hydrogen-bond acceptors (Lipinski definition) is 2. The molecule has 4 heteroatoms. The molecular formula is C6H15N3S. The fourth-order valence-corrected chi connectivity index (χ4v) is 0.344. The molecule has 0 aromatic heterocycles. The lowest BCUT2D eigenvalue weighted by molar-refractivity contribution is 0.620. The predicted molar refractivity (Wildman–Crippen MR) is 50.6 cm³/mol. The van der Waals surface area contributed by atoms with E-state index in [4.69, 9.17) is 0 Å². The highest BCUT2D eigenvalue weighted by Crippen LogP contribution is 1.78. The van der Waals surface area contributed by atoms with Gasteiger partial charge < -0.3 is 10.6 Å². The van der Waals surface area contributed by atoms with Gasteiger partial charge >= 0.3 is 0 Å². The van der Waals surface area contributed by atoms with Crippen molar-refractivity contribution in [2.45, 2.75) is 6.92 Å². The highest BCUT2D eigenvalue weighted by molar-refractivity contribution is 7.78. The molecule has 60 valence electrons. The molecule has 0 spiro atoms. The molecule has 3 nitrogen and oxygen atoms in total. The molecule has 0 aromatic rings. The van der Waals surface area contributed by atoms with Crippen molar-refractivity contribution in [3.05, 3.63) is 0 Å². The zero-order valence-corrected chi connectivity index (χ0v) is 7.77. The molecule has 0 amide bonds. The van der Waals surface area contributed by atoms with E-state index < -0.39 is 0 Å². The van der Waals surface area contributed by atoms with Crippen LogP contribution in [0.5, 0.6) is 0 Å². The van der Waals surface area contributed by atoms with Crippen LogP contribution >= 0.6 is 12.2 Å². The van der Waals surface area contributed by atoms with Crippen LogP contribution in [0.3, 0.4) is 0 Å². The molecule has 0 aliphatic rings. The smallest absolute Gasteiger partial charge is 0.101 e. The maximum absolute atomic E-state index is 4.51. The van der Waals surface area contributed by atoms with Gasteiger partial charge in [0.05, 0.1) is 5.49 Å². The Bertz CT molecular complexity index is 110. The Morgan fingerprint density at radius 2 is 1.90 bits per heavy atom. The highest BCUT2D eigenvalue weighted by Gasteiger charge is 1.86. The molecule has 0 saturated carbocycles. The molecule has 0 heterocycles. The van der Waals surface area contributed by atoms with E-state index in [1.165, 1.54) is 12.5 Å². The Morgan fingerprint density at radius 3 is 2.00 bits per heavy atom. The summed E-state index contributed by atoms with van der Waals surface area (Å²) in [5.74, 6) is 0.931. The Morgan fingerprint density at radius 1 is 1.50 bits per heavy atom. The van der Waals surface area contributed by atoms with E-state index in [0.29, 0.717) is 0 Å². The summed E-state index contributed by atoms with van der Waals surface area (Å²) in [6.45, 7) is 1.91. The minimum absolute atomic E-state index is 0.931. The zero-order chi connectivity index (χ0) is 8.57. The van der Waals surface area contributed by atoms with Gasteiger partial charge in [-0.05, 0) is 14.0 Å². The summed E-state index contributed by atoms with van der Waals surface area (Å²) in [6.07, 6.45) is 0. The zero-order valence-electron chi connectivity index (χ0n) is 6.96. The number of rotatable bonds is 1. The molecule has 0 aliphatic heterocycles. The van der Waals surface area contributed by atoms with Crippen LogP contribution in [-0.4, -0.2) is 37.4 Å². The summed E-state index contributed by atoms with van der Waals surface area (Å²) in [6, 6.07) is 0. The summed E-state index contributed by atoms with van der Waals surface area (Å²) in [4.78, 5) is 5.76. The number of nitrogens with two attached hydrogens (primary N) is 1. The Hall–Kier alpha value is -0.480. The van der Waals surface area contributed by atoms with Crippen LogP contribution in [0.4, 0.5) is 0 Å². The van der Waals surface area contributed by atoms with Gasteiger partial charge in [-0.15, -0.1) is 0 Å². The molecule has 2 N–H and O–H groups in total. The number of amidine groups is 1. The van der Waals surface area contributed by atoms with Gasteiger partial charge in [0.25, 0.3) is 0 Å². The van der Waals surface area contributed by atoms with E-state index in [1.54, 1.807) is 0 Å². The SMILES string of the molecule is CC(=NC=S)N(C)C.CN. The quantitative estimate of drug-likeness (QED) is 0.346. The van der Waals surface area contributed by atoms with Crippen molar-refractivity contribution in [1.29, 1.82) is 0 Å². The van der Waals surface area contributed by atoms with Gasteiger partial charge in [0.15, 0.2) is 0 Å². The van der Waals surface area contributed by atoms with Crippen molar-refractivity contribution in [2.24, 2.45) is 10.7 Å². The Labute approximate surface area is 67.9 Å². The molecule has 0 atom stereocenters. The number of hydrogen-bond donors (Lipinski definition) is 1. The van der Waals surface area contributed by atoms with Gasteiger partial charge in [0, 0.05) is 14.1 Å². The van der Waals surface area contributed by atoms with Crippen molar-refractivity contribution in [1.82, 2.24) is 4.90 Å². The summed E-state index contributed by atoms with van der Waals surface area (Å²) in [5, 5.41) is 0. The van der Waals surface area contributed by atoms with Gasteiger partial charge in [0.1, 0.15) is 5.84 Å². The van der Waals surface area contributed by atoms with Crippen LogP contribution in [-0.2, 0) is 0 Å². The van der Waals surface area contributed by atoms with E-state index in [9.17, 15) is 0 Å². The lowest BCUT2D eigenvalue weighted by atomic mass is 10.6. The van der Waals surface area contributed by atoms with Crippen molar-refractivity contribution >= 4 is 23.5 Å². The van der Waals surface area contributed by atoms with E-state index in [2.05, 4.69) is 22.9 Å². The van der Waals surface area contributed by atoms with E-state index >= 15 is 0 Å². The third-order valence-corrected chi connectivity index (χ3v) is 0.992. The van der Waals surface area contributed by atoms with Gasteiger partial charge in [0.2, 0.25) is 0 Å². The second-order valence-electron chi connectivity index (χ2n) is 1.68. The van der Waals surface area contributed by atoms with Gasteiger partial charge in [-0.1, -0.05) is 12.2 Å². The normalized spacial score (nSPS) is 9.50. The fraction of sp³-hybridized carbons (Fsp3) is 0.667. The van der Waals surface area contributed by atoms with Gasteiger partial charge in [-0.2, -0.15) is 0 Å². The van der Waals surface area contributed by atoms with Crippen LogP contribution in [0, 0.1) is 0 Å². The second kappa shape index (κ2) is 8.52. The average molecular weight is 161 g/mol. The van der Waals surface area contributed by atoms with Gasteiger partial charge in [-0.25, -0.2) is 4.99 Å². The summed E-state index contributed by atoms with van der Waals surface area (Å²) >= 11 is 4.51. The van der Waals surface area contributed by atoms with E-state index in [-0.39, 0.29) is 0 Å². The number of nitrogens with zero attached hydrogens (tertiary/aromatic N) is 2. The Kier molecular flexibility index (Phi) is 10.4. The topological polar surface area (TPSA) is 41.6 Å². The van der Waals surface area contributed by atoms with Crippen molar-refractivity contribution < 1.29 is 0 Å². The lowest BCUT2D eigenvalue weighted by Gasteiger charge is -2.08. The predicted octanol–water partition coefficient (Wildman–Crippen LogP) is 0.499. The maximum atomic E-state index is 4.51. The molecule has 0 saturated heterocycles. The fourth-order valence-electron chi connectivity index (χ4n) is 0.192. The number of aliphatic imine (C=N–C) groups is 1. The monoisotopic (exact) mass is 161 g/mol. The molecule has 0 radical (unpaired) electrons. The molecular weight excluding hydrogens is 146 g/mol. The molecule has 10 heavy (non-hydrogen) atoms. The van der Waals surface area contributed by atoms with Crippen LogP contribution < -0.4 is 5.73 Å². The van der Waals surface area contributed by atoms with Crippen molar-refractivity contribution in [2.75, 3.05) is 21.1 Å². The van der Waals surface area contributed by atoms with E-state index in [0.717, 1.165) is 5.84 Å². The van der Waals surface area contributed by atoms with E-state index in [1.807, 2.05) is 25.9 Å². The molecule has 0 aromatic carbocycles. The molecule has 0 rings (SSSR count). The summed E-state index contributed by atoms with van der Waals surface area (Å²) < 4.78 is 0. The van der Waals surface area contributed by atoms with Crippen LogP contribution in [0.25, 0.3) is 0 Å². The second-order valence-corrected chi connectivity index (χ2v) is 1.89. The van der Waals surface area contributed by atoms with Crippen LogP contribution in [0.15, 0.2) is 4.99 Å². The first kappa shape index (κ1) is 12.2. The third kappa shape index (κ3) is 7.52. The van der Waals surface area contributed by atoms with Crippen LogP contribution in [0.1, 0.15) is 6.92 Å². The minimum Gasteiger partial charge on any atom is -0.366 e. The lowest BCUT2D eigenvalue weighted by Crippen LogP contribution is -2.18. The Balaban J connectivity index is 0.